The minimum absolute atomic E-state index is 0.0434. The lowest BCUT2D eigenvalue weighted by atomic mass is 9.88. The van der Waals surface area contributed by atoms with Gasteiger partial charge in [-0.15, -0.1) is 11.3 Å². The second-order valence-corrected chi connectivity index (χ2v) is 9.92. The SMILES string of the molecule is CC(C)NCc1ccc(S(=O)(=O)NC2CCCC2(C)C)s1. The van der Waals surface area contributed by atoms with Crippen molar-refractivity contribution in [2.24, 2.45) is 5.41 Å². The van der Waals surface area contributed by atoms with Gasteiger partial charge in [-0.05, 0) is 30.4 Å². The first-order valence-corrected chi connectivity index (χ1v) is 9.85. The van der Waals surface area contributed by atoms with Crippen LogP contribution in [0.1, 0.15) is 51.8 Å². The molecule has 6 heteroatoms. The number of nitrogens with one attached hydrogen (secondary N) is 2. The van der Waals surface area contributed by atoms with E-state index in [4.69, 9.17) is 0 Å². The van der Waals surface area contributed by atoms with Gasteiger partial charge in [-0.1, -0.05) is 34.1 Å². The lowest BCUT2D eigenvalue weighted by Gasteiger charge is -2.27. The fraction of sp³-hybridized carbons (Fsp3) is 0.733. The van der Waals surface area contributed by atoms with E-state index in [9.17, 15) is 8.42 Å². The number of rotatable bonds is 6. The van der Waals surface area contributed by atoms with Gasteiger partial charge in [0.2, 0.25) is 10.0 Å². The van der Waals surface area contributed by atoms with Crippen molar-refractivity contribution < 1.29 is 8.42 Å². The molecule has 1 aliphatic carbocycles. The summed E-state index contributed by atoms with van der Waals surface area (Å²) in [7, 11) is -3.39. The summed E-state index contributed by atoms with van der Waals surface area (Å²) in [6.07, 6.45) is 3.10. The fourth-order valence-electron chi connectivity index (χ4n) is 2.69. The van der Waals surface area contributed by atoms with Crippen molar-refractivity contribution in [2.45, 2.75) is 69.8 Å². The maximum Gasteiger partial charge on any atom is 0.250 e. The molecule has 0 aliphatic heterocycles. The van der Waals surface area contributed by atoms with Crippen LogP contribution in [0, 0.1) is 5.41 Å². The van der Waals surface area contributed by atoms with Crippen LogP contribution >= 0.6 is 11.3 Å². The normalized spacial score (nSPS) is 22.0. The predicted molar refractivity (Wildman–Crippen MR) is 88.0 cm³/mol. The molecule has 1 aromatic rings. The van der Waals surface area contributed by atoms with Crippen molar-refractivity contribution in [3.05, 3.63) is 17.0 Å². The Morgan fingerprint density at radius 2 is 2.10 bits per heavy atom. The van der Waals surface area contributed by atoms with E-state index in [-0.39, 0.29) is 11.5 Å². The second-order valence-electron chi connectivity index (χ2n) is 6.81. The van der Waals surface area contributed by atoms with Gasteiger partial charge in [-0.25, -0.2) is 13.1 Å². The van der Waals surface area contributed by atoms with Gasteiger partial charge in [0, 0.05) is 23.5 Å². The van der Waals surface area contributed by atoms with E-state index in [1.165, 1.54) is 11.3 Å². The first-order chi connectivity index (χ1) is 9.71. The Labute approximate surface area is 132 Å². The largest absolute Gasteiger partial charge is 0.310 e. The molecule has 1 atom stereocenters. The minimum atomic E-state index is -3.39. The third-order valence-electron chi connectivity index (χ3n) is 4.14. The molecular weight excluding hydrogens is 304 g/mol. The average molecular weight is 331 g/mol. The monoisotopic (exact) mass is 330 g/mol. The van der Waals surface area contributed by atoms with E-state index in [2.05, 4.69) is 37.7 Å². The maximum absolute atomic E-state index is 12.5. The lowest BCUT2D eigenvalue weighted by Crippen LogP contribution is -2.41. The van der Waals surface area contributed by atoms with Gasteiger partial charge >= 0.3 is 0 Å². The van der Waals surface area contributed by atoms with Gasteiger partial charge in [0.05, 0.1) is 0 Å². The zero-order valence-corrected chi connectivity index (χ0v) is 14.9. The Bertz CT molecular complexity index is 576. The van der Waals surface area contributed by atoms with Crippen LogP contribution in [0.25, 0.3) is 0 Å². The highest BCUT2D eigenvalue weighted by Crippen LogP contribution is 2.38. The molecule has 1 fully saturated rings. The number of thiophene rings is 1. The molecule has 0 saturated heterocycles. The highest BCUT2D eigenvalue weighted by molar-refractivity contribution is 7.91. The van der Waals surface area contributed by atoms with E-state index in [1.54, 1.807) is 6.07 Å². The molecule has 1 aromatic heterocycles. The van der Waals surface area contributed by atoms with Crippen molar-refractivity contribution in [2.75, 3.05) is 0 Å². The van der Waals surface area contributed by atoms with Gasteiger partial charge in [0.15, 0.2) is 0 Å². The van der Waals surface area contributed by atoms with Crippen LogP contribution in [0.2, 0.25) is 0 Å². The summed E-state index contributed by atoms with van der Waals surface area (Å²) >= 11 is 1.35. The third kappa shape index (κ3) is 4.28. The molecule has 0 spiro atoms. The van der Waals surface area contributed by atoms with Crippen molar-refractivity contribution in [1.82, 2.24) is 10.0 Å². The van der Waals surface area contributed by atoms with Crippen LogP contribution in [0.5, 0.6) is 0 Å². The predicted octanol–water partition coefficient (Wildman–Crippen LogP) is 3.10. The van der Waals surface area contributed by atoms with Crippen LogP contribution in [-0.2, 0) is 16.6 Å². The number of hydrogen-bond acceptors (Lipinski definition) is 4. The zero-order chi connectivity index (χ0) is 15.7. The van der Waals surface area contributed by atoms with Crippen molar-refractivity contribution in [3.63, 3.8) is 0 Å². The Balaban J connectivity index is 2.06. The number of sulfonamides is 1. The van der Waals surface area contributed by atoms with E-state index >= 15 is 0 Å². The molecule has 0 amide bonds. The topological polar surface area (TPSA) is 58.2 Å². The molecule has 2 rings (SSSR count). The summed E-state index contributed by atoms with van der Waals surface area (Å²) < 4.78 is 28.3. The molecule has 1 aliphatic rings. The van der Waals surface area contributed by atoms with Crippen LogP contribution in [-0.4, -0.2) is 20.5 Å². The fourth-order valence-corrected chi connectivity index (χ4v) is 5.46. The lowest BCUT2D eigenvalue weighted by molar-refractivity contribution is 0.313. The Morgan fingerprint density at radius 1 is 1.38 bits per heavy atom. The van der Waals surface area contributed by atoms with Crippen LogP contribution < -0.4 is 10.0 Å². The Kier molecular flexibility index (Phi) is 5.13. The van der Waals surface area contributed by atoms with Gasteiger partial charge in [0.1, 0.15) is 4.21 Å². The quantitative estimate of drug-likeness (QED) is 0.842. The first kappa shape index (κ1) is 16.9. The highest BCUT2D eigenvalue weighted by atomic mass is 32.2. The molecule has 1 saturated carbocycles. The van der Waals surface area contributed by atoms with Crippen LogP contribution in [0.4, 0.5) is 0 Å². The van der Waals surface area contributed by atoms with E-state index in [0.717, 1.165) is 24.1 Å². The molecule has 1 heterocycles. The highest BCUT2D eigenvalue weighted by Gasteiger charge is 2.37. The molecule has 1 unspecified atom stereocenters. The summed E-state index contributed by atoms with van der Waals surface area (Å²) in [6.45, 7) is 9.15. The number of hydrogen-bond donors (Lipinski definition) is 2. The van der Waals surface area contributed by atoms with Crippen molar-refractivity contribution >= 4 is 21.4 Å². The van der Waals surface area contributed by atoms with Crippen LogP contribution in [0.15, 0.2) is 16.3 Å². The zero-order valence-electron chi connectivity index (χ0n) is 13.3. The van der Waals surface area contributed by atoms with E-state index in [0.29, 0.717) is 16.8 Å². The third-order valence-corrected chi connectivity index (χ3v) is 7.19. The van der Waals surface area contributed by atoms with Gasteiger partial charge in [0.25, 0.3) is 0 Å². The second kappa shape index (κ2) is 6.36. The molecule has 21 heavy (non-hydrogen) atoms. The molecular formula is C15H26N2O2S2. The summed E-state index contributed by atoms with van der Waals surface area (Å²) in [4.78, 5) is 1.05. The summed E-state index contributed by atoms with van der Waals surface area (Å²) in [5.41, 5.74) is 0.0480. The summed E-state index contributed by atoms with van der Waals surface area (Å²) in [6, 6.07) is 4.05. The van der Waals surface area contributed by atoms with Gasteiger partial charge in [-0.3, -0.25) is 0 Å². The molecule has 0 aromatic carbocycles. The van der Waals surface area contributed by atoms with E-state index in [1.807, 2.05) is 6.07 Å². The summed E-state index contributed by atoms with van der Waals surface area (Å²) in [5.74, 6) is 0. The minimum Gasteiger partial charge on any atom is -0.310 e. The van der Waals surface area contributed by atoms with Crippen molar-refractivity contribution in [3.8, 4) is 0 Å². The van der Waals surface area contributed by atoms with Gasteiger partial charge < -0.3 is 5.32 Å². The first-order valence-electron chi connectivity index (χ1n) is 7.55. The molecule has 0 bridgehead atoms. The van der Waals surface area contributed by atoms with Crippen LogP contribution in [0.3, 0.4) is 0 Å². The maximum atomic E-state index is 12.5. The molecule has 4 nitrogen and oxygen atoms in total. The molecule has 0 radical (unpaired) electrons. The Morgan fingerprint density at radius 3 is 2.67 bits per heavy atom. The molecule has 2 N–H and O–H groups in total. The standard InChI is InChI=1S/C15H26N2O2S2/c1-11(2)16-10-12-7-8-14(20-12)21(18,19)17-13-6-5-9-15(13,3)4/h7-8,11,13,16-17H,5-6,9-10H2,1-4H3. The van der Waals surface area contributed by atoms with Crippen molar-refractivity contribution in [1.29, 1.82) is 0 Å². The van der Waals surface area contributed by atoms with E-state index < -0.39 is 10.0 Å². The van der Waals surface area contributed by atoms with Gasteiger partial charge in [-0.2, -0.15) is 0 Å². The summed E-state index contributed by atoms with van der Waals surface area (Å²) in [5, 5.41) is 3.31. The average Bonchev–Trinajstić information content (AvgIpc) is 2.95. The molecule has 120 valence electrons. The Hall–Kier alpha value is -0.430. The smallest absolute Gasteiger partial charge is 0.250 e.